The first kappa shape index (κ1) is 20.5. The molecule has 146 valence electrons. The number of hydrogen-bond donors (Lipinski definition) is 1. The summed E-state index contributed by atoms with van der Waals surface area (Å²) in [5.41, 5.74) is -1.74. The molecule has 1 N–H and O–H groups in total. The molecule has 1 fully saturated rings. The molecule has 8 heteroatoms. The highest BCUT2D eigenvalue weighted by atomic mass is 19.4. The van der Waals surface area contributed by atoms with E-state index in [2.05, 4.69) is 15.2 Å². The number of nitrogens with zero attached hydrogens (tertiary/aromatic N) is 2. The maximum Gasteiger partial charge on any atom is 0.421 e. The summed E-state index contributed by atoms with van der Waals surface area (Å²) in [6.07, 6.45) is 0.299. The van der Waals surface area contributed by atoms with Crippen molar-refractivity contribution in [3.05, 3.63) is 23.9 Å². The number of alkyl halides is 3. The predicted molar refractivity (Wildman–Crippen MR) is 91.8 cm³/mol. The Labute approximate surface area is 151 Å². The first-order valence-electron chi connectivity index (χ1n) is 8.75. The van der Waals surface area contributed by atoms with E-state index in [-0.39, 0.29) is 18.6 Å². The molecule has 2 heterocycles. The molecule has 0 spiro atoms. The number of likely N-dealkylation sites (tertiary alicyclic amines) is 1. The van der Waals surface area contributed by atoms with Gasteiger partial charge in [-0.2, -0.15) is 13.2 Å². The van der Waals surface area contributed by atoms with Gasteiger partial charge in [0.2, 0.25) is 11.8 Å². The number of carbonyl (C=O) groups is 1. The lowest BCUT2D eigenvalue weighted by atomic mass is 9.99. The van der Waals surface area contributed by atoms with Gasteiger partial charge in [0.1, 0.15) is 12.2 Å². The van der Waals surface area contributed by atoms with Crippen LogP contribution < -0.4 is 10.1 Å². The van der Waals surface area contributed by atoms with Crippen LogP contribution in [0.25, 0.3) is 0 Å². The molecule has 0 saturated carbocycles. The number of carbonyl (C=O) groups excluding carboxylic acids is 1. The molecule has 1 amide bonds. The summed E-state index contributed by atoms with van der Waals surface area (Å²) in [4.78, 5) is 18.2. The number of pyridine rings is 1. The zero-order valence-electron chi connectivity index (χ0n) is 15.4. The lowest BCUT2D eigenvalue weighted by Crippen LogP contribution is -2.50. The third-order valence-electron chi connectivity index (χ3n) is 4.47. The van der Waals surface area contributed by atoms with Gasteiger partial charge in [0.15, 0.2) is 0 Å². The Balaban J connectivity index is 1.91. The molecule has 5 nitrogen and oxygen atoms in total. The maximum absolute atomic E-state index is 13.0. The fourth-order valence-electron chi connectivity index (χ4n) is 3.05. The number of amides is 1. The van der Waals surface area contributed by atoms with Gasteiger partial charge in [-0.3, -0.25) is 4.79 Å². The number of halogens is 3. The fourth-order valence-corrected chi connectivity index (χ4v) is 3.05. The van der Waals surface area contributed by atoms with Crippen LogP contribution in [0.3, 0.4) is 0 Å². The van der Waals surface area contributed by atoms with E-state index in [0.29, 0.717) is 6.42 Å². The average molecular weight is 373 g/mol. The van der Waals surface area contributed by atoms with Crippen LogP contribution in [0.5, 0.6) is 5.88 Å². The van der Waals surface area contributed by atoms with Crippen molar-refractivity contribution in [2.75, 3.05) is 20.2 Å². The van der Waals surface area contributed by atoms with Crippen molar-refractivity contribution in [1.29, 1.82) is 0 Å². The standard InChI is InChI=1S/C18H26F3N3O2/c1-17(2,23-15(25)11-13-7-4-5-10-24(13)3)12-26-16-14(18(19,20)21)8-6-9-22-16/h6,8-9,13H,4-5,7,10-12H2,1-3H3,(H,23,25). The van der Waals surface area contributed by atoms with Crippen molar-refractivity contribution in [3.63, 3.8) is 0 Å². The quantitative estimate of drug-likeness (QED) is 0.832. The summed E-state index contributed by atoms with van der Waals surface area (Å²) in [7, 11) is 2.01. The van der Waals surface area contributed by atoms with Crippen LogP contribution in [0.2, 0.25) is 0 Å². The van der Waals surface area contributed by atoms with Crippen molar-refractivity contribution in [1.82, 2.24) is 15.2 Å². The van der Waals surface area contributed by atoms with Crippen molar-refractivity contribution >= 4 is 5.91 Å². The van der Waals surface area contributed by atoms with Crippen molar-refractivity contribution < 1.29 is 22.7 Å². The highest BCUT2D eigenvalue weighted by Gasteiger charge is 2.35. The second kappa shape index (κ2) is 8.24. The smallest absolute Gasteiger partial charge is 0.421 e. The molecular weight excluding hydrogens is 347 g/mol. The predicted octanol–water partition coefficient (Wildman–Crippen LogP) is 3.25. The van der Waals surface area contributed by atoms with E-state index in [0.717, 1.165) is 31.9 Å². The van der Waals surface area contributed by atoms with Gasteiger partial charge in [0.25, 0.3) is 0 Å². The Hall–Kier alpha value is -1.83. The SMILES string of the molecule is CN1CCCCC1CC(=O)NC(C)(C)COc1ncccc1C(F)(F)F. The minimum Gasteiger partial charge on any atom is -0.475 e. The van der Waals surface area contributed by atoms with Gasteiger partial charge >= 0.3 is 6.18 Å². The molecule has 0 radical (unpaired) electrons. The topological polar surface area (TPSA) is 54.5 Å². The van der Waals surface area contributed by atoms with Crippen LogP contribution in [-0.2, 0) is 11.0 Å². The first-order chi connectivity index (χ1) is 12.1. The lowest BCUT2D eigenvalue weighted by molar-refractivity contribution is -0.139. The highest BCUT2D eigenvalue weighted by molar-refractivity contribution is 5.77. The summed E-state index contributed by atoms with van der Waals surface area (Å²) in [6.45, 7) is 4.29. The van der Waals surface area contributed by atoms with Crippen molar-refractivity contribution in [2.45, 2.75) is 57.3 Å². The molecule has 1 unspecified atom stereocenters. The molecule has 0 bridgehead atoms. The molecule has 1 aliphatic heterocycles. The van der Waals surface area contributed by atoms with Gasteiger partial charge in [-0.25, -0.2) is 4.98 Å². The minimum atomic E-state index is -4.54. The number of rotatable bonds is 6. The summed E-state index contributed by atoms with van der Waals surface area (Å²) in [5, 5.41) is 2.85. The van der Waals surface area contributed by atoms with Crippen LogP contribution in [-0.4, -0.2) is 47.6 Å². The van der Waals surface area contributed by atoms with Gasteiger partial charge in [0, 0.05) is 18.7 Å². The third-order valence-corrected chi connectivity index (χ3v) is 4.47. The van der Waals surface area contributed by atoms with Crippen LogP contribution in [0.4, 0.5) is 13.2 Å². The fraction of sp³-hybridized carbons (Fsp3) is 0.667. The lowest BCUT2D eigenvalue weighted by Gasteiger charge is -2.33. The molecule has 1 aliphatic rings. The van der Waals surface area contributed by atoms with Crippen molar-refractivity contribution in [2.24, 2.45) is 0 Å². The molecule has 0 aliphatic carbocycles. The van der Waals surface area contributed by atoms with Gasteiger partial charge in [-0.15, -0.1) is 0 Å². The molecule has 1 aromatic rings. The monoisotopic (exact) mass is 373 g/mol. The average Bonchev–Trinajstić information content (AvgIpc) is 2.54. The van der Waals surface area contributed by atoms with Crippen molar-refractivity contribution in [3.8, 4) is 5.88 Å². The van der Waals surface area contributed by atoms with E-state index in [1.165, 1.54) is 12.3 Å². The highest BCUT2D eigenvalue weighted by Crippen LogP contribution is 2.34. The normalized spacial score (nSPS) is 19.2. The molecule has 1 aromatic heterocycles. The van der Waals surface area contributed by atoms with E-state index >= 15 is 0 Å². The zero-order chi connectivity index (χ0) is 19.4. The summed E-state index contributed by atoms with van der Waals surface area (Å²) >= 11 is 0. The number of ether oxygens (including phenoxy) is 1. The van der Waals surface area contributed by atoms with Crippen LogP contribution in [0, 0.1) is 0 Å². The van der Waals surface area contributed by atoms with Crippen LogP contribution in [0.1, 0.15) is 45.1 Å². The van der Waals surface area contributed by atoms with Gasteiger partial charge in [0.05, 0.1) is 5.54 Å². The Morgan fingerprint density at radius 1 is 1.38 bits per heavy atom. The van der Waals surface area contributed by atoms with E-state index in [9.17, 15) is 18.0 Å². The second-order valence-electron chi connectivity index (χ2n) is 7.41. The number of piperidine rings is 1. The Morgan fingerprint density at radius 2 is 2.12 bits per heavy atom. The third kappa shape index (κ3) is 5.86. The van der Waals surface area contributed by atoms with Gasteiger partial charge < -0.3 is 15.0 Å². The Bertz CT molecular complexity index is 620. The molecular formula is C18H26F3N3O2. The van der Waals surface area contributed by atoms with Crippen LogP contribution in [0.15, 0.2) is 18.3 Å². The van der Waals surface area contributed by atoms with E-state index < -0.39 is 23.2 Å². The van der Waals surface area contributed by atoms with Crippen LogP contribution >= 0.6 is 0 Å². The Kier molecular flexibility index (Phi) is 6.49. The second-order valence-corrected chi connectivity index (χ2v) is 7.41. The molecule has 26 heavy (non-hydrogen) atoms. The van der Waals surface area contributed by atoms with E-state index in [1.54, 1.807) is 13.8 Å². The summed E-state index contributed by atoms with van der Waals surface area (Å²) in [5.74, 6) is -0.608. The van der Waals surface area contributed by atoms with E-state index in [4.69, 9.17) is 4.74 Å². The van der Waals surface area contributed by atoms with E-state index in [1.807, 2.05) is 7.05 Å². The number of hydrogen-bond acceptors (Lipinski definition) is 4. The van der Waals surface area contributed by atoms with Gasteiger partial charge in [-0.05, 0) is 52.4 Å². The molecule has 0 aromatic carbocycles. The number of aromatic nitrogens is 1. The zero-order valence-corrected chi connectivity index (χ0v) is 15.4. The maximum atomic E-state index is 13.0. The summed E-state index contributed by atoms with van der Waals surface area (Å²) < 4.78 is 44.2. The summed E-state index contributed by atoms with van der Waals surface area (Å²) in [6, 6.07) is 2.34. The minimum absolute atomic E-state index is 0.112. The first-order valence-corrected chi connectivity index (χ1v) is 8.75. The largest absolute Gasteiger partial charge is 0.475 e. The van der Waals surface area contributed by atoms with Gasteiger partial charge in [-0.1, -0.05) is 6.42 Å². The Morgan fingerprint density at radius 3 is 2.77 bits per heavy atom. The molecule has 1 saturated heterocycles. The number of nitrogens with one attached hydrogen (secondary N) is 1. The molecule has 1 atom stereocenters. The molecule has 2 rings (SSSR count).